The molecule has 4 unspecified atom stereocenters. The maximum atomic E-state index is 12.8. The second-order valence-electron chi connectivity index (χ2n) is 5.71. The van der Waals surface area contributed by atoms with Crippen LogP contribution in [0, 0.1) is 23.6 Å². The minimum Gasteiger partial charge on any atom is -0.327 e. The Kier molecular flexibility index (Phi) is 2.94. The largest absolute Gasteiger partial charge is 0.327 e. The number of rotatable bonds is 3. The summed E-state index contributed by atoms with van der Waals surface area (Å²) in [4.78, 5) is 12.3. The van der Waals surface area contributed by atoms with Crippen LogP contribution in [0.2, 0.25) is 0 Å². The van der Waals surface area contributed by atoms with Gasteiger partial charge in [0.25, 0.3) is 0 Å². The molecule has 18 heavy (non-hydrogen) atoms. The molecule has 0 amide bonds. The minimum atomic E-state index is -0.261. The summed E-state index contributed by atoms with van der Waals surface area (Å²) in [7, 11) is 0. The van der Waals surface area contributed by atoms with Crippen molar-refractivity contribution in [3.8, 4) is 0 Å². The van der Waals surface area contributed by atoms with Gasteiger partial charge in [-0.3, -0.25) is 4.79 Å². The summed E-state index contributed by atoms with van der Waals surface area (Å²) in [6.07, 6.45) is 3.85. The topological polar surface area (TPSA) is 43.1 Å². The zero-order valence-corrected chi connectivity index (χ0v) is 10.3. The Labute approximate surface area is 106 Å². The molecular weight excluding hydrogens is 229 g/mol. The number of halogens is 1. The Morgan fingerprint density at radius 2 is 1.89 bits per heavy atom. The van der Waals surface area contributed by atoms with Crippen LogP contribution in [0.3, 0.4) is 0 Å². The zero-order valence-electron chi connectivity index (χ0n) is 10.3. The first-order valence-corrected chi connectivity index (χ1v) is 6.68. The van der Waals surface area contributed by atoms with E-state index in [1.165, 1.54) is 18.6 Å². The molecule has 3 rings (SSSR count). The third-order valence-electron chi connectivity index (χ3n) is 4.64. The Morgan fingerprint density at radius 3 is 2.50 bits per heavy atom. The van der Waals surface area contributed by atoms with Gasteiger partial charge in [0, 0.05) is 18.4 Å². The van der Waals surface area contributed by atoms with E-state index < -0.39 is 0 Å². The van der Waals surface area contributed by atoms with Crippen LogP contribution >= 0.6 is 0 Å². The fourth-order valence-corrected chi connectivity index (χ4v) is 3.73. The van der Waals surface area contributed by atoms with Crippen molar-refractivity contribution < 1.29 is 9.18 Å². The molecule has 0 saturated heterocycles. The molecule has 1 aromatic carbocycles. The fourth-order valence-electron chi connectivity index (χ4n) is 3.73. The van der Waals surface area contributed by atoms with E-state index in [2.05, 4.69) is 0 Å². The first-order chi connectivity index (χ1) is 8.65. The second kappa shape index (κ2) is 4.47. The fraction of sp³-hybridized carbons (Fsp3) is 0.533. The summed E-state index contributed by atoms with van der Waals surface area (Å²) in [5.41, 5.74) is 7.05. The van der Waals surface area contributed by atoms with E-state index in [-0.39, 0.29) is 23.6 Å². The second-order valence-corrected chi connectivity index (χ2v) is 5.71. The number of ketones is 1. The lowest BCUT2D eigenvalue weighted by Gasteiger charge is -2.26. The molecule has 96 valence electrons. The normalized spacial score (nSPS) is 33.9. The molecule has 0 spiro atoms. The number of hydrogen-bond acceptors (Lipinski definition) is 2. The van der Waals surface area contributed by atoms with E-state index >= 15 is 0 Å². The first kappa shape index (κ1) is 11.8. The Bertz CT molecular complexity index is 454. The molecule has 2 fully saturated rings. The van der Waals surface area contributed by atoms with E-state index in [0.717, 1.165) is 18.4 Å². The Balaban J connectivity index is 1.70. The van der Waals surface area contributed by atoms with Crippen LogP contribution in [-0.2, 0) is 11.2 Å². The highest BCUT2D eigenvalue weighted by Gasteiger charge is 2.48. The van der Waals surface area contributed by atoms with Gasteiger partial charge in [0.05, 0.1) is 0 Å². The number of fused-ring (bicyclic) bond motifs is 2. The van der Waals surface area contributed by atoms with Gasteiger partial charge >= 0.3 is 0 Å². The van der Waals surface area contributed by atoms with Crippen molar-refractivity contribution >= 4 is 5.78 Å². The lowest BCUT2D eigenvalue weighted by atomic mass is 9.80. The number of nitrogens with two attached hydrogens (primary N) is 1. The molecule has 3 heteroatoms. The van der Waals surface area contributed by atoms with Crippen LogP contribution in [0.4, 0.5) is 4.39 Å². The van der Waals surface area contributed by atoms with Crippen molar-refractivity contribution in [1.82, 2.24) is 0 Å². The molecule has 4 atom stereocenters. The van der Waals surface area contributed by atoms with Gasteiger partial charge in [-0.15, -0.1) is 0 Å². The average Bonchev–Trinajstić information content (AvgIpc) is 2.92. The lowest BCUT2D eigenvalue weighted by molar-refractivity contribution is -0.124. The lowest BCUT2D eigenvalue weighted by Crippen LogP contribution is -2.40. The number of benzene rings is 1. The quantitative estimate of drug-likeness (QED) is 0.890. The van der Waals surface area contributed by atoms with Gasteiger partial charge in [-0.25, -0.2) is 4.39 Å². The van der Waals surface area contributed by atoms with E-state index in [1.54, 1.807) is 12.1 Å². The van der Waals surface area contributed by atoms with Crippen molar-refractivity contribution in [2.75, 3.05) is 0 Å². The van der Waals surface area contributed by atoms with Gasteiger partial charge in [-0.05, 0) is 48.8 Å². The van der Waals surface area contributed by atoms with Gasteiger partial charge in [0.1, 0.15) is 11.6 Å². The molecule has 2 aliphatic rings. The van der Waals surface area contributed by atoms with Gasteiger partial charge in [0.15, 0.2) is 0 Å². The van der Waals surface area contributed by atoms with Crippen LogP contribution in [0.5, 0.6) is 0 Å². The summed E-state index contributed by atoms with van der Waals surface area (Å²) < 4.78 is 12.8. The standard InChI is InChI=1S/C15H18FNO/c16-12-5-1-9(2-6-12)7-13(18)14-10-3-4-11(8-10)15(14)17/h1-2,5-6,10-11,14-15H,3-4,7-8,17H2. The number of hydrogen-bond donors (Lipinski definition) is 1. The van der Waals surface area contributed by atoms with Gasteiger partial charge < -0.3 is 5.73 Å². The van der Waals surface area contributed by atoms with Crippen LogP contribution in [0.1, 0.15) is 24.8 Å². The van der Waals surface area contributed by atoms with Crippen molar-refractivity contribution in [2.45, 2.75) is 31.7 Å². The smallest absolute Gasteiger partial charge is 0.142 e. The summed E-state index contributed by atoms with van der Waals surface area (Å²) >= 11 is 0. The van der Waals surface area contributed by atoms with Crippen molar-refractivity contribution in [3.05, 3.63) is 35.6 Å². The highest BCUT2D eigenvalue weighted by Crippen LogP contribution is 2.48. The highest BCUT2D eigenvalue weighted by molar-refractivity contribution is 5.84. The molecule has 2 aliphatic carbocycles. The third-order valence-corrected chi connectivity index (χ3v) is 4.64. The van der Waals surface area contributed by atoms with E-state index in [0.29, 0.717) is 18.3 Å². The van der Waals surface area contributed by atoms with Crippen LogP contribution in [0.15, 0.2) is 24.3 Å². The molecular formula is C15H18FNO. The predicted molar refractivity (Wildman–Crippen MR) is 67.4 cm³/mol. The first-order valence-electron chi connectivity index (χ1n) is 6.68. The van der Waals surface area contributed by atoms with Gasteiger partial charge in [-0.1, -0.05) is 12.1 Å². The molecule has 0 aliphatic heterocycles. The maximum Gasteiger partial charge on any atom is 0.142 e. The van der Waals surface area contributed by atoms with E-state index in [1.807, 2.05) is 0 Å². The predicted octanol–water partition coefficient (Wildman–Crippen LogP) is 2.31. The third kappa shape index (κ3) is 1.97. The number of Topliss-reactive ketones (excluding diaryl/α,β-unsaturated/α-hetero) is 1. The van der Waals surface area contributed by atoms with Crippen LogP contribution in [0.25, 0.3) is 0 Å². The molecule has 0 radical (unpaired) electrons. The van der Waals surface area contributed by atoms with Gasteiger partial charge in [0.2, 0.25) is 0 Å². The Hall–Kier alpha value is -1.22. The molecule has 2 N–H and O–H groups in total. The summed E-state index contributed by atoms with van der Waals surface area (Å²) in [6, 6.07) is 6.24. The molecule has 0 heterocycles. The zero-order chi connectivity index (χ0) is 12.7. The summed E-state index contributed by atoms with van der Waals surface area (Å²) in [6.45, 7) is 0. The number of carbonyl (C=O) groups is 1. The van der Waals surface area contributed by atoms with Crippen molar-refractivity contribution in [3.63, 3.8) is 0 Å². The van der Waals surface area contributed by atoms with Crippen molar-refractivity contribution in [1.29, 1.82) is 0 Å². The van der Waals surface area contributed by atoms with Crippen LogP contribution in [-0.4, -0.2) is 11.8 Å². The van der Waals surface area contributed by atoms with Crippen LogP contribution < -0.4 is 5.73 Å². The van der Waals surface area contributed by atoms with E-state index in [9.17, 15) is 9.18 Å². The summed E-state index contributed by atoms with van der Waals surface area (Å²) in [5.74, 6) is 1.06. The minimum absolute atomic E-state index is 0.0359. The molecule has 2 bridgehead atoms. The van der Waals surface area contributed by atoms with Crippen molar-refractivity contribution in [2.24, 2.45) is 23.5 Å². The van der Waals surface area contributed by atoms with Gasteiger partial charge in [-0.2, -0.15) is 0 Å². The van der Waals surface area contributed by atoms with E-state index in [4.69, 9.17) is 5.73 Å². The average molecular weight is 247 g/mol. The summed E-state index contributed by atoms with van der Waals surface area (Å²) in [5, 5.41) is 0. The number of carbonyl (C=O) groups excluding carboxylic acids is 1. The molecule has 2 nitrogen and oxygen atoms in total. The monoisotopic (exact) mass is 247 g/mol. The SMILES string of the molecule is NC1C2CCC(C2)C1C(=O)Cc1ccc(F)cc1. The highest BCUT2D eigenvalue weighted by atomic mass is 19.1. The molecule has 2 saturated carbocycles. The maximum absolute atomic E-state index is 12.8. The molecule has 1 aromatic rings. The molecule has 0 aromatic heterocycles. The Morgan fingerprint density at radius 1 is 1.22 bits per heavy atom.